The standard InChI is InChI=1S/C34H33NO5/c1-36-29-16-14-23(20-31(29)38-3)18-19-35-22-27-33(24-10-6-5-7-11-24)26-12-8-9-13-28(26)40-34(27)25-15-17-30(37-2)32(21-25)39-4/h5-17,20-22,33H,18-19H2,1-4H3/t33-/m0/s1. The Labute approximate surface area is 235 Å². The molecule has 0 fully saturated rings. The Morgan fingerprint density at radius 1 is 0.700 bits per heavy atom. The SMILES string of the molecule is COc1ccc(CCN=CC2=C(c3ccc(OC)c(OC)c3)Oc3ccccc3[C@@H]2c2ccccc2)cc1OC. The molecule has 0 bridgehead atoms. The predicted molar refractivity (Wildman–Crippen MR) is 158 cm³/mol. The molecular formula is C34H33NO5. The lowest BCUT2D eigenvalue weighted by atomic mass is 9.81. The van der Waals surface area contributed by atoms with Crippen LogP contribution in [0, 0.1) is 0 Å². The van der Waals surface area contributed by atoms with E-state index in [1.807, 2.05) is 66.9 Å². The Kier molecular flexibility index (Phi) is 8.35. The first-order valence-electron chi connectivity index (χ1n) is 13.2. The molecule has 4 aromatic rings. The highest BCUT2D eigenvalue weighted by Crippen LogP contribution is 2.46. The minimum atomic E-state index is -0.0564. The average molecular weight is 536 g/mol. The predicted octanol–water partition coefficient (Wildman–Crippen LogP) is 6.97. The molecule has 204 valence electrons. The molecule has 5 rings (SSSR count). The molecule has 0 amide bonds. The van der Waals surface area contributed by atoms with Crippen LogP contribution >= 0.6 is 0 Å². The van der Waals surface area contributed by atoms with Crippen LogP contribution in [0.4, 0.5) is 0 Å². The first kappa shape index (κ1) is 26.9. The van der Waals surface area contributed by atoms with Crippen LogP contribution in [0.25, 0.3) is 5.76 Å². The van der Waals surface area contributed by atoms with E-state index in [1.165, 1.54) is 0 Å². The zero-order valence-corrected chi connectivity index (χ0v) is 23.2. The number of ether oxygens (including phenoxy) is 5. The van der Waals surface area contributed by atoms with Crippen LogP contribution in [-0.4, -0.2) is 41.2 Å². The molecule has 1 heterocycles. The van der Waals surface area contributed by atoms with Crippen molar-refractivity contribution in [1.29, 1.82) is 0 Å². The maximum atomic E-state index is 6.59. The van der Waals surface area contributed by atoms with Gasteiger partial charge in [-0.25, -0.2) is 0 Å². The number of rotatable bonds is 10. The summed E-state index contributed by atoms with van der Waals surface area (Å²) in [6.45, 7) is 0.599. The number of fused-ring (bicyclic) bond motifs is 1. The lowest BCUT2D eigenvalue weighted by molar-refractivity contribution is 0.354. The van der Waals surface area contributed by atoms with Gasteiger partial charge in [-0.15, -0.1) is 0 Å². The van der Waals surface area contributed by atoms with Crippen LogP contribution in [0.3, 0.4) is 0 Å². The lowest BCUT2D eigenvalue weighted by Gasteiger charge is -2.30. The van der Waals surface area contributed by atoms with Gasteiger partial charge in [0.2, 0.25) is 0 Å². The normalized spacial score (nSPS) is 14.4. The minimum Gasteiger partial charge on any atom is -0.493 e. The monoisotopic (exact) mass is 535 g/mol. The smallest absolute Gasteiger partial charge is 0.161 e. The van der Waals surface area contributed by atoms with Gasteiger partial charge >= 0.3 is 0 Å². The van der Waals surface area contributed by atoms with Crippen LogP contribution in [-0.2, 0) is 6.42 Å². The van der Waals surface area contributed by atoms with E-state index in [0.29, 0.717) is 29.5 Å². The maximum Gasteiger partial charge on any atom is 0.161 e. The number of hydrogen-bond donors (Lipinski definition) is 0. The molecule has 1 aliphatic rings. The first-order chi connectivity index (χ1) is 19.7. The van der Waals surface area contributed by atoms with E-state index in [1.54, 1.807) is 28.4 Å². The lowest BCUT2D eigenvalue weighted by Crippen LogP contribution is -2.17. The highest BCUT2D eigenvalue weighted by Gasteiger charge is 2.31. The average Bonchev–Trinajstić information content (AvgIpc) is 3.02. The van der Waals surface area contributed by atoms with Gasteiger partial charge < -0.3 is 23.7 Å². The summed E-state index contributed by atoms with van der Waals surface area (Å²) < 4.78 is 28.5. The summed E-state index contributed by atoms with van der Waals surface area (Å²) in [7, 11) is 6.55. The van der Waals surface area contributed by atoms with E-state index in [4.69, 9.17) is 28.7 Å². The zero-order valence-electron chi connectivity index (χ0n) is 23.2. The van der Waals surface area contributed by atoms with Crippen molar-refractivity contribution in [3.05, 3.63) is 119 Å². The Morgan fingerprint density at radius 3 is 2.08 bits per heavy atom. The number of aliphatic imine (C=N–C) groups is 1. The molecule has 0 saturated heterocycles. The van der Waals surface area contributed by atoms with Gasteiger partial charge in [0.05, 0.1) is 28.4 Å². The molecule has 0 aliphatic carbocycles. The molecule has 1 aliphatic heterocycles. The highest BCUT2D eigenvalue weighted by atomic mass is 16.5. The van der Waals surface area contributed by atoms with E-state index in [0.717, 1.165) is 45.8 Å². The molecule has 0 radical (unpaired) electrons. The topological polar surface area (TPSA) is 58.5 Å². The molecule has 0 aromatic heterocycles. The Bertz CT molecular complexity index is 1530. The second-order valence-corrected chi connectivity index (χ2v) is 9.31. The summed E-state index contributed by atoms with van der Waals surface area (Å²) in [6.07, 6.45) is 2.71. The summed E-state index contributed by atoms with van der Waals surface area (Å²) in [4.78, 5) is 4.90. The van der Waals surface area contributed by atoms with Crippen molar-refractivity contribution in [3.8, 4) is 28.7 Å². The second-order valence-electron chi connectivity index (χ2n) is 9.31. The van der Waals surface area contributed by atoms with Crippen LogP contribution in [0.15, 0.2) is 102 Å². The first-order valence-corrected chi connectivity index (χ1v) is 13.2. The van der Waals surface area contributed by atoms with Crippen molar-refractivity contribution in [2.75, 3.05) is 35.0 Å². The van der Waals surface area contributed by atoms with Crippen LogP contribution in [0.5, 0.6) is 28.7 Å². The molecule has 0 saturated carbocycles. The van der Waals surface area contributed by atoms with Gasteiger partial charge in [-0.3, -0.25) is 4.99 Å². The summed E-state index contributed by atoms with van der Waals surface area (Å²) in [5.74, 6) is 4.22. The molecular weight excluding hydrogens is 502 g/mol. The van der Waals surface area contributed by atoms with E-state index in [2.05, 4.69) is 30.3 Å². The third kappa shape index (κ3) is 5.52. The summed E-state index contributed by atoms with van der Waals surface area (Å²) >= 11 is 0. The minimum absolute atomic E-state index is 0.0564. The molecule has 1 atom stereocenters. The third-order valence-electron chi connectivity index (χ3n) is 7.00. The third-order valence-corrected chi connectivity index (χ3v) is 7.00. The van der Waals surface area contributed by atoms with Gasteiger partial charge in [-0.05, 0) is 53.9 Å². The highest BCUT2D eigenvalue weighted by molar-refractivity contribution is 5.94. The molecule has 4 aromatic carbocycles. The van der Waals surface area contributed by atoms with E-state index in [9.17, 15) is 0 Å². The molecule has 0 spiro atoms. The number of allylic oxidation sites excluding steroid dienone is 1. The van der Waals surface area contributed by atoms with Gasteiger partial charge in [0.25, 0.3) is 0 Å². The van der Waals surface area contributed by atoms with Crippen molar-refractivity contribution in [1.82, 2.24) is 0 Å². The van der Waals surface area contributed by atoms with Crippen LogP contribution in [0.1, 0.15) is 28.2 Å². The van der Waals surface area contributed by atoms with Crippen LogP contribution < -0.4 is 23.7 Å². The maximum absolute atomic E-state index is 6.59. The fourth-order valence-corrected chi connectivity index (χ4v) is 5.01. The quantitative estimate of drug-likeness (QED) is 0.205. The fraction of sp³-hybridized carbons (Fsp3) is 0.206. The van der Waals surface area contributed by atoms with Crippen molar-refractivity contribution >= 4 is 12.0 Å². The van der Waals surface area contributed by atoms with E-state index < -0.39 is 0 Å². The van der Waals surface area contributed by atoms with Gasteiger partial charge in [0.15, 0.2) is 23.0 Å². The van der Waals surface area contributed by atoms with Crippen molar-refractivity contribution in [2.45, 2.75) is 12.3 Å². The fourth-order valence-electron chi connectivity index (χ4n) is 5.01. The van der Waals surface area contributed by atoms with Crippen molar-refractivity contribution in [2.24, 2.45) is 4.99 Å². The van der Waals surface area contributed by atoms with Crippen LogP contribution in [0.2, 0.25) is 0 Å². The largest absolute Gasteiger partial charge is 0.493 e. The molecule has 0 unspecified atom stereocenters. The van der Waals surface area contributed by atoms with Gasteiger partial charge in [-0.2, -0.15) is 0 Å². The van der Waals surface area contributed by atoms with Crippen molar-refractivity contribution < 1.29 is 23.7 Å². The Balaban J connectivity index is 1.56. The van der Waals surface area contributed by atoms with Gasteiger partial charge in [0.1, 0.15) is 11.5 Å². The number of hydrogen-bond acceptors (Lipinski definition) is 6. The van der Waals surface area contributed by atoms with Crippen molar-refractivity contribution in [3.63, 3.8) is 0 Å². The Hall–Kier alpha value is -4.71. The van der Waals surface area contributed by atoms with Gasteiger partial charge in [-0.1, -0.05) is 54.6 Å². The molecule has 0 N–H and O–H groups in total. The van der Waals surface area contributed by atoms with Gasteiger partial charge in [0, 0.05) is 35.4 Å². The number of methoxy groups -OCH3 is 4. The summed E-state index contributed by atoms with van der Waals surface area (Å²) in [5.41, 5.74) is 5.24. The summed E-state index contributed by atoms with van der Waals surface area (Å²) in [6, 6.07) is 30.4. The van der Waals surface area contributed by atoms with E-state index in [-0.39, 0.29) is 5.92 Å². The second kappa shape index (κ2) is 12.4. The zero-order chi connectivity index (χ0) is 27.9. The van der Waals surface area contributed by atoms with E-state index >= 15 is 0 Å². The number of nitrogens with zero attached hydrogens (tertiary/aromatic N) is 1. The Morgan fingerprint density at radius 2 is 1.35 bits per heavy atom. The molecule has 6 nitrogen and oxygen atoms in total. The number of benzene rings is 4. The molecule has 40 heavy (non-hydrogen) atoms. The molecule has 6 heteroatoms. The summed E-state index contributed by atoms with van der Waals surface area (Å²) in [5, 5.41) is 0. The number of para-hydroxylation sites is 1.